The third kappa shape index (κ3) is 4.19. The molecule has 0 heterocycles. The quantitative estimate of drug-likeness (QED) is 0.759. The number of amides is 2. The lowest BCUT2D eigenvalue weighted by Gasteiger charge is -2.29. The van der Waals surface area contributed by atoms with Gasteiger partial charge in [-0.15, -0.1) is 0 Å². The van der Waals surface area contributed by atoms with Crippen molar-refractivity contribution in [2.75, 3.05) is 19.0 Å². The van der Waals surface area contributed by atoms with E-state index in [4.69, 9.17) is 9.88 Å². The van der Waals surface area contributed by atoms with Gasteiger partial charge in [-0.3, -0.25) is 0 Å². The van der Waals surface area contributed by atoms with Crippen LogP contribution in [0.25, 0.3) is 0 Å². The molecule has 0 atom stereocenters. The van der Waals surface area contributed by atoms with E-state index >= 15 is 0 Å². The summed E-state index contributed by atoms with van der Waals surface area (Å²) in [7, 11) is -2.11. The molecule has 8 heteroatoms. The Kier molecular flexibility index (Phi) is 5.05. The molecule has 4 N–H and O–H groups in total. The summed E-state index contributed by atoms with van der Waals surface area (Å²) in [5.41, 5.74) is 0.176. The van der Waals surface area contributed by atoms with Crippen LogP contribution < -0.4 is 15.8 Å². The largest absolute Gasteiger partial charge is 0.382 e. The van der Waals surface area contributed by atoms with Crippen LogP contribution in [-0.4, -0.2) is 33.7 Å². The summed E-state index contributed by atoms with van der Waals surface area (Å²) in [6.45, 7) is 0.477. The van der Waals surface area contributed by atoms with E-state index < -0.39 is 10.0 Å². The second-order valence-corrected chi connectivity index (χ2v) is 7.13. The molecule has 0 radical (unpaired) electrons. The lowest BCUT2D eigenvalue weighted by molar-refractivity contribution is 0.117. The molecule has 0 aliphatic heterocycles. The van der Waals surface area contributed by atoms with Crippen LogP contribution >= 0.6 is 0 Å². The zero-order chi connectivity index (χ0) is 16.2. The molecule has 0 saturated heterocycles. The Morgan fingerprint density at radius 1 is 1.27 bits per heavy atom. The monoisotopic (exact) mass is 327 g/mol. The van der Waals surface area contributed by atoms with Gasteiger partial charge in [-0.1, -0.05) is 12.8 Å². The molecule has 0 aromatic heterocycles. The maximum absolute atomic E-state index is 12.1. The number of benzene rings is 1. The van der Waals surface area contributed by atoms with Crippen LogP contribution in [-0.2, 0) is 14.8 Å². The van der Waals surface area contributed by atoms with Crippen molar-refractivity contribution >= 4 is 21.7 Å². The van der Waals surface area contributed by atoms with Crippen molar-refractivity contribution in [3.8, 4) is 0 Å². The predicted molar refractivity (Wildman–Crippen MR) is 83.0 cm³/mol. The Balaban J connectivity index is 1.99. The summed E-state index contributed by atoms with van der Waals surface area (Å²) in [5, 5.41) is 10.7. The molecule has 122 valence electrons. The Hall–Kier alpha value is -1.64. The molecule has 1 fully saturated rings. The summed E-state index contributed by atoms with van der Waals surface area (Å²) < 4.78 is 27.6. The van der Waals surface area contributed by atoms with Crippen molar-refractivity contribution in [3.05, 3.63) is 24.3 Å². The fraction of sp³-hybridized carbons (Fsp3) is 0.500. The minimum atomic E-state index is -3.73. The Labute approximate surface area is 130 Å². The standard InChI is InChI=1S/C14H21N3O4S/c1-21-10-14(8-2-3-9-14)17-13(18)16-11-4-6-12(7-5-11)22(15,19)20/h4-7H,2-3,8-10H2,1H3,(H2,15,19,20)(H2,16,17,18). The van der Waals surface area contributed by atoms with Gasteiger partial charge in [-0.05, 0) is 37.1 Å². The second kappa shape index (κ2) is 6.64. The lowest BCUT2D eigenvalue weighted by Crippen LogP contribution is -2.51. The summed E-state index contributed by atoms with van der Waals surface area (Å²) in [6, 6.07) is 5.37. The highest BCUT2D eigenvalue weighted by Gasteiger charge is 2.35. The summed E-state index contributed by atoms with van der Waals surface area (Å²) in [4.78, 5) is 12.1. The SMILES string of the molecule is COCC1(NC(=O)Nc2ccc(S(N)(=O)=O)cc2)CCCC1. The second-order valence-electron chi connectivity index (χ2n) is 5.57. The van der Waals surface area contributed by atoms with E-state index in [1.165, 1.54) is 24.3 Å². The molecule has 2 amide bonds. The van der Waals surface area contributed by atoms with Crippen molar-refractivity contribution in [3.63, 3.8) is 0 Å². The van der Waals surface area contributed by atoms with Gasteiger partial charge in [-0.25, -0.2) is 18.4 Å². The molecule has 0 bridgehead atoms. The van der Waals surface area contributed by atoms with Crippen molar-refractivity contribution < 1.29 is 17.9 Å². The number of urea groups is 1. The van der Waals surface area contributed by atoms with Gasteiger partial charge in [-0.2, -0.15) is 0 Å². The number of primary sulfonamides is 1. The van der Waals surface area contributed by atoms with Crippen LogP contribution in [0.4, 0.5) is 10.5 Å². The number of ether oxygens (including phenoxy) is 1. The number of carbonyl (C=O) groups excluding carboxylic acids is 1. The maximum Gasteiger partial charge on any atom is 0.319 e. The van der Waals surface area contributed by atoms with Crippen molar-refractivity contribution in [2.45, 2.75) is 36.1 Å². The predicted octanol–water partition coefficient (Wildman–Crippen LogP) is 1.41. The number of anilines is 1. The van der Waals surface area contributed by atoms with E-state index in [0.29, 0.717) is 12.3 Å². The molecular formula is C14H21N3O4S. The molecule has 22 heavy (non-hydrogen) atoms. The number of nitrogens with two attached hydrogens (primary N) is 1. The first-order valence-corrected chi connectivity index (χ1v) is 8.60. The molecule has 0 spiro atoms. The van der Waals surface area contributed by atoms with Crippen LogP contribution in [0.1, 0.15) is 25.7 Å². The van der Waals surface area contributed by atoms with Crippen LogP contribution in [0.3, 0.4) is 0 Å². The van der Waals surface area contributed by atoms with Gasteiger partial charge in [0.05, 0.1) is 17.0 Å². The van der Waals surface area contributed by atoms with Gasteiger partial charge < -0.3 is 15.4 Å². The van der Waals surface area contributed by atoms with E-state index in [1.807, 2.05) is 0 Å². The fourth-order valence-corrected chi connectivity index (χ4v) is 3.28. The van der Waals surface area contributed by atoms with E-state index in [9.17, 15) is 13.2 Å². The molecular weight excluding hydrogens is 306 g/mol. The summed E-state index contributed by atoms with van der Waals surface area (Å²) in [5.74, 6) is 0. The van der Waals surface area contributed by atoms with Crippen LogP contribution in [0, 0.1) is 0 Å². The minimum absolute atomic E-state index is 0.00473. The van der Waals surface area contributed by atoms with Gasteiger partial charge in [0.25, 0.3) is 0 Å². The third-order valence-electron chi connectivity index (χ3n) is 3.80. The van der Waals surface area contributed by atoms with Crippen molar-refractivity contribution in [1.82, 2.24) is 5.32 Å². The Morgan fingerprint density at radius 2 is 1.86 bits per heavy atom. The highest BCUT2D eigenvalue weighted by molar-refractivity contribution is 7.89. The first kappa shape index (κ1) is 16.7. The van der Waals surface area contributed by atoms with Gasteiger partial charge >= 0.3 is 6.03 Å². The Bertz CT molecular complexity index is 622. The lowest BCUT2D eigenvalue weighted by atomic mass is 9.99. The van der Waals surface area contributed by atoms with Gasteiger partial charge in [0.2, 0.25) is 10.0 Å². The summed E-state index contributed by atoms with van der Waals surface area (Å²) in [6.07, 6.45) is 3.90. The van der Waals surface area contributed by atoms with Crippen LogP contribution in [0.15, 0.2) is 29.2 Å². The van der Waals surface area contributed by atoms with Crippen molar-refractivity contribution in [1.29, 1.82) is 0 Å². The average Bonchev–Trinajstić information content (AvgIpc) is 2.86. The third-order valence-corrected chi connectivity index (χ3v) is 4.73. The number of hydrogen-bond acceptors (Lipinski definition) is 4. The number of rotatable bonds is 5. The van der Waals surface area contributed by atoms with Gasteiger partial charge in [0.1, 0.15) is 0 Å². The number of hydrogen-bond donors (Lipinski definition) is 3. The zero-order valence-electron chi connectivity index (χ0n) is 12.5. The van der Waals surface area contributed by atoms with E-state index in [0.717, 1.165) is 25.7 Å². The number of sulfonamides is 1. The van der Waals surface area contributed by atoms with E-state index in [1.54, 1.807) is 7.11 Å². The van der Waals surface area contributed by atoms with Crippen LogP contribution in [0.2, 0.25) is 0 Å². The first-order chi connectivity index (χ1) is 10.3. The molecule has 2 rings (SSSR count). The molecule has 7 nitrogen and oxygen atoms in total. The molecule has 1 aliphatic rings. The van der Waals surface area contributed by atoms with Crippen molar-refractivity contribution in [2.24, 2.45) is 5.14 Å². The Morgan fingerprint density at radius 3 is 2.36 bits per heavy atom. The maximum atomic E-state index is 12.1. The first-order valence-electron chi connectivity index (χ1n) is 7.06. The molecule has 1 aliphatic carbocycles. The van der Waals surface area contributed by atoms with Gasteiger partial charge in [0, 0.05) is 12.8 Å². The average molecular weight is 327 g/mol. The smallest absolute Gasteiger partial charge is 0.319 e. The molecule has 1 aromatic rings. The van der Waals surface area contributed by atoms with E-state index in [-0.39, 0.29) is 16.5 Å². The minimum Gasteiger partial charge on any atom is -0.382 e. The van der Waals surface area contributed by atoms with Gasteiger partial charge in [0.15, 0.2) is 0 Å². The molecule has 1 saturated carbocycles. The fourth-order valence-electron chi connectivity index (χ4n) is 2.76. The summed E-state index contributed by atoms with van der Waals surface area (Å²) >= 11 is 0. The highest BCUT2D eigenvalue weighted by Crippen LogP contribution is 2.30. The topological polar surface area (TPSA) is 111 Å². The number of nitrogens with one attached hydrogen (secondary N) is 2. The van der Waals surface area contributed by atoms with E-state index in [2.05, 4.69) is 10.6 Å². The normalized spacial score (nSPS) is 17.2. The molecule has 0 unspecified atom stereocenters. The highest BCUT2D eigenvalue weighted by atomic mass is 32.2. The number of methoxy groups -OCH3 is 1. The molecule has 1 aromatic carbocycles. The van der Waals surface area contributed by atoms with Crippen LogP contribution in [0.5, 0.6) is 0 Å². The number of carbonyl (C=O) groups is 1. The zero-order valence-corrected chi connectivity index (χ0v) is 13.3.